The molecule has 2 heterocycles. The van der Waals surface area contributed by atoms with Crippen LogP contribution >= 0.6 is 15.9 Å². The molecule has 0 spiro atoms. The van der Waals surface area contributed by atoms with Crippen molar-refractivity contribution in [2.75, 3.05) is 33.3 Å². The molecule has 0 atom stereocenters. The van der Waals surface area contributed by atoms with Crippen molar-refractivity contribution < 1.29 is 14.1 Å². The van der Waals surface area contributed by atoms with Crippen LogP contribution in [0, 0.1) is 0 Å². The fraction of sp³-hybridized carbons (Fsp3) is 0.318. The Morgan fingerprint density at radius 1 is 1.07 bits per heavy atom. The maximum atomic E-state index is 12.6. The van der Waals surface area contributed by atoms with E-state index in [4.69, 9.17) is 9.26 Å². The van der Waals surface area contributed by atoms with Crippen molar-refractivity contribution in [3.63, 3.8) is 0 Å². The molecule has 1 saturated heterocycles. The van der Waals surface area contributed by atoms with Gasteiger partial charge in [-0.15, -0.1) is 0 Å². The maximum absolute atomic E-state index is 12.6. The van der Waals surface area contributed by atoms with Crippen LogP contribution in [0.4, 0.5) is 0 Å². The Kier molecular flexibility index (Phi) is 6.44. The Labute approximate surface area is 183 Å². The summed E-state index contributed by atoms with van der Waals surface area (Å²) in [5.74, 6) is 2.10. The summed E-state index contributed by atoms with van der Waals surface area (Å²) in [6.45, 7) is 3.56. The third kappa shape index (κ3) is 5.06. The molecule has 30 heavy (non-hydrogen) atoms. The van der Waals surface area contributed by atoms with Crippen LogP contribution in [-0.2, 0) is 17.8 Å². The number of hydrogen-bond donors (Lipinski definition) is 0. The Bertz CT molecular complexity index is 980. The Hall–Kier alpha value is -2.71. The van der Waals surface area contributed by atoms with Gasteiger partial charge in [-0.25, -0.2) is 0 Å². The van der Waals surface area contributed by atoms with Crippen LogP contribution in [0.3, 0.4) is 0 Å². The van der Waals surface area contributed by atoms with E-state index in [0.717, 1.165) is 34.4 Å². The molecular weight excluding hydrogens is 448 g/mol. The molecular formula is C22H23BrN4O3. The summed E-state index contributed by atoms with van der Waals surface area (Å²) in [4.78, 5) is 21.2. The highest BCUT2D eigenvalue weighted by atomic mass is 79.9. The highest BCUT2D eigenvalue weighted by molar-refractivity contribution is 9.10. The molecule has 0 saturated carbocycles. The Balaban J connectivity index is 1.28. The number of halogens is 1. The summed E-state index contributed by atoms with van der Waals surface area (Å²) < 4.78 is 11.6. The molecule has 0 radical (unpaired) electrons. The molecule has 1 aromatic heterocycles. The van der Waals surface area contributed by atoms with Gasteiger partial charge >= 0.3 is 0 Å². The van der Waals surface area contributed by atoms with E-state index in [1.54, 1.807) is 7.11 Å². The number of piperazine rings is 1. The molecule has 8 heteroatoms. The zero-order valence-corrected chi connectivity index (χ0v) is 18.3. The van der Waals surface area contributed by atoms with Gasteiger partial charge in [0.05, 0.1) is 20.1 Å². The molecule has 0 aliphatic carbocycles. The number of aromatic nitrogens is 2. The van der Waals surface area contributed by atoms with Crippen molar-refractivity contribution in [3.05, 3.63) is 64.5 Å². The first kappa shape index (κ1) is 20.6. The fourth-order valence-corrected chi connectivity index (χ4v) is 3.68. The second-order valence-corrected chi connectivity index (χ2v) is 8.12. The largest absolute Gasteiger partial charge is 0.497 e. The van der Waals surface area contributed by atoms with E-state index < -0.39 is 0 Å². The number of ether oxygens (including phenoxy) is 1. The second kappa shape index (κ2) is 9.40. The summed E-state index contributed by atoms with van der Waals surface area (Å²) >= 11 is 3.42. The van der Waals surface area contributed by atoms with E-state index in [2.05, 4.69) is 31.0 Å². The number of carbonyl (C=O) groups excluding carboxylic acids is 1. The molecule has 2 aromatic carbocycles. The van der Waals surface area contributed by atoms with Crippen molar-refractivity contribution in [2.45, 2.75) is 13.0 Å². The minimum atomic E-state index is 0.163. The molecule has 0 unspecified atom stereocenters. The molecule has 0 N–H and O–H groups in total. The lowest BCUT2D eigenvalue weighted by molar-refractivity contribution is -0.132. The van der Waals surface area contributed by atoms with Crippen molar-refractivity contribution in [1.82, 2.24) is 19.9 Å². The molecule has 4 rings (SSSR count). The predicted molar refractivity (Wildman–Crippen MR) is 116 cm³/mol. The average Bonchev–Trinajstić information content (AvgIpc) is 3.24. The Morgan fingerprint density at radius 2 is 1.77 bits per heavy atom. The van der Waals surface area contributed by atoms with E-state index in [9.17, 15) is 4.79 Å². The van der Waals surface area contributed by atoms with Crippen LogP contribution in [-0.4, -0.2) is 59.1 Å². The van der Waals surface area contributed by atoms with Gasteiger partial charge in [0.15, 0.2) is 0 Å². The SMILES string of the molecule is COc1ccc(-c2noc(CN3CCN(C(=O)Cc4ccc(Br)cc4)CC3)n2)cc1. The van der Waals surface area contributed by atoms with Crippen LogP contribution in [0.1, 0.15) is 11.5 Å². The Morgan fingerprint density at radius 3 is 2.43 bits per heavy atom. The third-order valence-electron chi connectivity index (χ3n) is 5.17. The molecule has 0 bridgehead atoms. The predicted octanol–water partition coefficient (Wildman–Crippen LogP) is 3.39. The third-order valence-corrected chi connectivity index (χ3v) is 5.70. The van der Waals surface area contributed by atoms with E-state index in [0.29, 0.717) is 37.8 Å². The number of methoxy groups -OCH3 is 1. The molecule has 1 aliphatic heterocycles. The van der Waals surface area contributed by atoms with Gasteiger partial charge in [-0.2, -0.15) is 4.98 Å². The lowest BCUT2D eigenvalue weighted by atomic mass is 10.1. The highest BCUT2D eigenvalue weighted by Crippen LogP contribution is 2.20. The quantitative estimate of drug-likeness (QED) is 0.549. The summed E-state index contributed by atoms with van der Waals surface area (Å²) in [5.41, 5.74) is 1.91. The minimum absolute atomic E-state index is 0.163. The normalized spacial score (nSPS) is 14.7. The zero-order chi connectivity index (χ0) is 20.9. The number of amides is 1. The van der Waals surface area contributed by atoms with Gasteiger partial charge in [-0.1, -0.05) is 33.2 Å². The van der Waals surface area contributed by atoms with Crippen molar-refractivity contribution in [1.29, 1.82) is 0 Å². The molecule has 1 aliphatic rings. The van der Waals surface area contributed by atoms with Gasteiger partial charge in [0.1, 0.15) is 5.75 Å². The van der Waals surface area contributed by atoms with Crippen LogP contribution in [0.15, 0.2) is 57.5 Å². The van der Waals surface area contributed by atoms with Gasteiger partial charge < -0.3 is 14.2 Å². The maximum Gasteiger partial charge on any atom is 0.241 e. The minimum Gasteiger partial charge on any atom is -0.497 e. The zero-order valence-electron chi connectivity index (χ0n) is 16.8. The van der Waals surface area contributed by atoms with Crippen LogP contribution < -0.4 is 4.74 Å². The fourth-order valence-electron chi connectivity index (χ4n) is 3.41. The first-order valence-electron chi connectivity index (χ1n) is 9.82. The van der Waals surface area contributed by atoms with Gasteiger partial charge in [-0.05, 0) is 42.0 Å². The molecule has 1 fully saturated rings. The number of carbonyl (C=O) groups is 1. The summed E-state index contributed by atoms with van der Waals surface area (Å²) in [6.07, 6.45) is 0.433. The first-order chi connectivity index (χ1) is 14.6. The molecule has 1 amide bonds. The number of hydrogen-bond acceptors (Lipinski definition) is 6. The van der Waals surface area contributed by atoms with Gasteiger partial charge in [0, 0.05) is 36.2 Å². The lowest BCUT2D eigenvalue weighted by Crippen LogP contribution is -2.48. The number of benzene rings is 2. The standard InChI is InChI=1S/C22H23BrN4O3/c1-29-19-8-4-17(5-9-19)22-24-20(30-25-22)15-26-10-12-27(13-11-26)21(28)14-16-2-6-18(23)7-3-16/h2-9H,10-15H2,1H3. The highest BCUT2D eigenvalue weighted by Gasteiger charge is 2.22. The average molecular weight is 471 g/mol. The van der Waals surface area contributed by atoms with Crippen molar-refractivity contribution >= 4 is 21.8 Å². The van der Waals surface area contributed by atoms with Crippen molar-refractivity contribution in [2.24, 2.45) is 0 Å². The number of rotatable bonds is 6. The van der Waals surface area contributed by atoms with E-state index in [1.165, 1.54) is 0 Å². The van der Waals surface area contributed by atoms with Crippen LogP contribution in [0.5, 0.6) is 5.75 Å². The van der Waals surface area contributed by atoms with Crippen LogP contribution in [0.25, 0.3) is 11.4 Å². The number of nitrogens with zero attached hydrogens (tertiary/aromatic N) is 4. The van der Waals surface area contributed by atoms with Gasteiger partial charge in [0.2, 0.25) is 17.6 Å². The van der Waals surface area contributed by atoms with E-state index in [1.807, 2.05) is 53.4 Å². The summed E-state index contributed by atoms with van der Waals surface area (Å²) in [6, 6.07) is 15.4. The topological polar surface area (TPSA) is 71.7 Å². The van der Waals surface area contributed by atoms with Crippen LogP contribution in [0.2, 0.25) is 0 Å². The van der Waals surface area contributed by atoms with E-state index in [-0.39, 0.29) is 5.91 Å². The summed E-state index contributed by atoms with van der Waals surface area (Å²) in [5, 5.41) is 4.08. The smallest absolute Gasteiger partial charge is 0.241 e. The molecule has 156 valence electrons. The molecule has 7 nitrogen and oxygen atoms in total. The molecule has 3 aromatic rings. The first-order valence-corrected chi connectivity index (χ1v) is 10.6. The second-order valence-electron chi connectivity index (χ2n) is 7.20. The van der Waals surface area contributed by atoms with E-state index >= 15 is 0 Å². The van der Waals surface area contributed by atoms with Crippen molar-refractivity contribution in [3.8, 4) is 17.1 Å². The van der Waals surface area contributed by atoms with Gasteiger partial charge in [0.25, 0.3) is 0 Å². The van der Waals surface area contributed by atoms with Gasteiger partial charge in [-0.3, -0.25) is 9.69 Å². The summed E-state index contributed by atoms with van der Waals surface area (Å²) in [7, 11) is 1.63. The lowest BCUT2D eigenvalue weighted by Gasteiger charge is -2.34. The monoisotopic (exact) mass is 470 g/mol.